The van der Waals surface area contributed by atoms with E-state index in [1.807, 2.05) is 5.38 Å². The number of carboxylic acid groups (broad SMARTS) is 1. The molecule has 2 aromatic heterocycles. The molecule has 0 aromatic carbocycles. The predicted molar refractivity (Wildman–Crippen MR) is 111 cm³/mol. The molecule has 0 radical (unpaired) electrons. The van der Waals surface area contributed by atoms with E-state index < -0.39 is 30.3 Å². The first-order valence-electron chi connectivity index (χ1n) is 9.14. The van der Waals surface area contributed by atoms with Crippen molar-refractivity contribution in [3.8, 4) is 0 Å². The quantitative estimate of drug-likeness (QED) is 0.436. The van der Waals surface area contributed by atoms with Gasteiger partial charge in [0.05, 0.1) is 4.88 Å². The van der Waals surface area contributed by atoms with Crippen molar-refractivity contribution in [3.05, 3.63) is 39.3 Å². The Kier molecular flexibility index (Phi) is 5.41. The summed E-state index contributed by atoms with van der Waals surface area (Å²) in [4.78, 5) is 66.9. The number of hydrogen-bond acceptors (Lipinski definition) is 8. The second-order valence-corrected chi connectivity index (χ2v) is 8.96. The van der Waals surface area contributed by atoms with Crippen LogP contribution in [0.5, 0.6) is 0 Å². The number of aliphatic carboxylic acids is 1. The lowest BCUT2D eigenvalue weighted by Crippen LogP contribution is -2.65. The van der Waals surface area contributed by atoms with Crippen LogP contribution in [0.15, 0.2) is 29.5 Å². The van der Waals surface area contributed by atoms with Gasteiger partial charge in [-0.15, -0.1) is 11.3 Å². The molecule has 10 nitrogen and oxygen atoms in total. The zero-order valence-electron chi connectivity index (χ0n) is 16.1. The lowest BCUT2D eigenvalue weighted by Gasteiger charge is -2.49. The number of ketones is 1. The van der Waals surface area contributed by atoms with Crippen LogP contribution < -0.4 is 10.6 Å². The molecule has 3 N–H and O–H groups in total. The summed E-state index contributed by atoms with van der Waals surface area (Å²) in [5.74, 6) is -3.54. The molecule has 0 spiro atoms. The highest BCUT2D eigenvalue weighted by atomic mass is 32.1. The number of nitrogens with zero attached hydrogens (tertiary/aromatic N) is 2. The highest BCUT2D eigenvalue weighted by Crippen LogP contribution is 2.46. The third-order valence-corrected chi connectivity index (χ3v) is 6.74. The molecular weight excluding hydrogens is 444 g/mol. The van der Waals surface area contributed by atoms with Gasteiger partial charge in [0.2, 0.25) is 17.7 Å². The van der Waals surface area contributed by atoms with Crippen molar-refractivity contribution in [3.63, 3.8) is 0 Å². The van der Waals surface area contributed by atoms with Gasteiger partial charge < -0.3 is 15.7 Å². The molecule has 2 aliphatic heterocycles. The van der Waals surface area contributed by atoms with E-state index in [4.69, 9.17) is 5.11 Å². The van der Waals surface area contributed by atoms with Gasteiger partial charge in [-0.2, -0.15) is 0 Å². The zero-order chi connectivity index (χ0) is 22.3. The smallest absolute Gasteiger partial charge is 0.312 e. The Morgan fingerprint density at radius 1 is 1.29 bits per heavy atom. The van der Waals surface area contributed by atoms with E-state index in [1.165, 1.54) is 29.4 Å². The number of rotatable bonds is 6. The van der Waals surface area contributed by atoms with Crippen molar-refractivity contribution in [1.29, 1.82) is 0 Å². The molecule has 1 saturated heterocycles. The number of hydrogen-bond donors (Lipinski definition) is 3. The largest absolute Gasteiger partial charge is 0.481 e. The molecular formula is C19H16N4O6S2. The monoisotopic (exact) mass is 460 g/mol. The van der Waals surface area contributed by atoms with Crippen LogP contribution in [-0.2, 0) is 24.0 Å². The second kappa shape index (κ2) is 8.04. The van der Waals surface area contributed by atoms with Crippen LogP contribution in [0.25, 0.3) is 5.57 Å². The number of aromatic nitrogens is 1. The van der Waals surface area contributed by atoms with Crippen molar-refractivity contribution in [2.45, 2.75) is 31.7 Å². The van der Waals surface area contributed by atoms with Gasteiger partial charge in [-0.3, -0.25) is 28.9 Å². The topological polar surface area (TPSA) is 146 Å². The van der Waals surface area contributed by atoms with Crippen LogP contribution in [-0.4, -0.2) is 50.5 Å². The number of anilines is 1. The van der Waals surface area contributed by atoms with Crippen LogP contribution in [0.1, 0.15) is 35.4 Å². The molecule has 4 heterocycles. The number of fused-ring (bicyclic) bond motifs is 1. The lowest BCUT2D eigenvalue weighted by molar-refractivity contribution is -0.154. The van der Waals surface area contributed by atoms with Gasteiger partial charge >= 0.3 is 5.97 Å². The number of thiophene rings is 1. The van der Waals surface area contributed by atoms with Crippen molar-refractivity contribution in [2.24, 2.45) is 0 Å². The molecule has 0 saturated carbocycles. The van der Waals surface area contributed by atoms with Crippen LogP contribution >= 0.6 is 22.7 Å². The van der Waals surface area contributed by atoms with Crippen LogP contribution in [0.3, 0.4) is 0 Å². The van der Waals surface area contributed by atoms with Gasteiger partial charge in [0.15, 0.2) is 10.9 Å². The van der Waals surface area contributed by atoms with Crippen molar-refractivity contribution < 1.29 is 29.1 Å². The Labute approximate surface area is 183 Å². The van der Waals surface area contributed by atoms with Crippen molar-refractivity contribution in [2.75, 3.05) is 5.32 Å². The average Bonchev–Trinajstić information content (AvgIpc) is 3.34. The van der Waals surface area contributed by atoms with E-state index in [0.29, 0.717) is 15.6 Å². The molecule has 0 aliphatic carbocycles. The summed E-state index contributed by atoms with van der Waals surface area (Å²) in [5.41, 5.74) is 0.354. The van der Waals surface area contributed by atoms with E-state index in [-0.39, 0.29) is 29.8 Å². The molecule has 3 amide bonds. The SMILES string of the molecule is CC(=O)Nc1ncc(C2=C(NC(=O)CC(=O)O)N3C(=O)C(c4cccs4)C3C(=O)C2)s1. The predicted octanol–water partition coefficient (Wildman–Crippen LogP) is 1.39. The van der Waals surface area contributed by atoms with Gasteiger partial charge in [0.25, 0.3) is 0 Å². The number of amides is 3. The van der Waals surface area contributed by atoms with Crippen LogP contribution in [0, 0.1) is 0 Å². The first-order chi connectivity index (χ1) is 14.8. The molecule has 0 bridgehead atoms. The third kappa shape index (κ3) is 3.86. The fraction of sp³-hybridized carbons (Fsp3) is 0.263. The maximum atomic E-state index is 13.0. The van der Waals surface area contributed by atoms with E-state index in [2.05, 4.69) is 15.6 Å². The Hall–Kier alpha value is -3.38. The normalized spacial score (nSPS) is 20.2. The number of thiazole rings is 1. The highest BCUT2D eigenvalue weighted by Gasteiger charge is 2.56. The van der Waals surface area contributed by atoms with Gasteiger partial charge in [-0.1, -0.05) is 17.4 Å². The second-order valence-electron chi connectivity index (χ2n) is 6.95. The number of carbonyl (C=O) groups excluding carboxylic acids is 4. The summed E-state index contributed by atoms with van der Waals surface area (Å²) >= 11 is 2.45. The van der Waals surface area contributed by atoms with E-state index >= 15 is 0 Å². The van der Waals surface area contributed by atoms with E-state index in [1.54, 1.807) is 12.1 Å². The van der Waals surface area contributed by atoms with Gasteiger partial charge in [0.1, 0.15) is 24.2 Å². The van der Waals surface area contributed by atoms with Crippen LogP contribution in [0.2, 0.25) is 0 Å². The van der Waals surface area contributed by atoms with Gasteiger partial charge in [0, 0.05) is 30.0 Å². The van der Waals surface area contributed by atoms with Crippen molar-refractivity contribution in [1.82, 2.24) is 15.2 Å². The summed E-state index contributed by atoms with van der Waals surface area (Å²) in [5, 5.41) is 16.1. The van der Waals surface area contributed by atoms with E-state index in [9.17, 15) is 24.0 Å². The van der Waals surface area contributed by atoms with E-state index in [0.717, 1.165) is 16.2 Å². The lowest BCUT2D eigenvalue weighted by atomic mass is 9.78. The summed E-state index contributed by atoms with van der Waals surface area (Å²) in [6, 6.07) is 2.81. The molecule has 2 unspecified atom stereocenters. The maximum absolute atomic E-state index is 13.0. The number of Topliss-reactive ketones (excluding diaryl/α,β-unsaturated/α-hetero) is 1. The minimum absolute atomic E-state index is 0.0687. The number of nitrogens with one attached hydrogen (secondary N) is 2. The summed E-state index contributed by atoms with van der Waals surface area (Å²) in [6.07, 6.45) is 0.579. The highest BCUT2D eigenvalue weighted by molar-refractivity contribution is 7.16. The minimum Gasteiger partial charge on any atom is -0.481 e. The molecule has 31 heavy (non-hydrogen) atoms. The molecule has 2 aromatic rings. The van der Waals surface area contributed by atoms with Crippen LogP contribution in [0.4, 0.5) is 5.13 Å². The van der Waals surface area contributed by atoms with Gasteiger partial charge in [-0.25, -0.2) is 4.98 Å². The maximum Gasteiger partial charge on any atom is 0.312 e. The fourth-order valence-electron chi connectivity index (χ4n) is 3.60. The number of carbonyl (C=O) groups is 5. The fourth-order valence-corrected chi connectivity index (χ4v) is 5.35. The molecule has 160 valence electrons. The number of carboxylic acids is 1. The Bertz CT molecular complexity index is 1140. The molecule has 2 aliphatic rings. The average molecular weight is 460 g/mol. The Balaban J connectivity index is 1.73. The van der Waals surface area contributed by atoms with Crippen molar-refractivity contribution >= 4 is 62.9 Å². The van der Waals surface area contributed by atoms with Gasteiger partial charge in [-0.05, 0) is 11.4 Å². The summed E-state index contributed by atoms with van der Waals surface area (Å²) in [6.45, 7) is 1.33. The first-order valence-corrected chi connectivity index (χ1v) is 10.8. The molecule has 1 fully saturated rings. The zero-order valence-corrected chi connectivity index (χ0v) is 17.7. The summed E-state index contributed by atoms with van der Waals surface area (Å²) in [7, 11) is 0. The standard InChI is InChI=1S/C19H16N4O6S2/c1-8(24)21-19-20-7-12(31-19)9-5-10(25)16-15(11-3-2-4-30-11)18(29)23(16)17(9)22-13(26)6-14(27)28/h2-4,7,15-16H,5-6H2,1H3,(H,22,26)(H,27,28)(H,20,21,24). The third-order valence-electron chi connectivity index (χ3n) is 4.81. The molecule has 4 rings (SSSR count). The Morgan fingerprint density at radius 2 is 2.06 bits per heavy atom. The minimum atomic E-state index is -1.32. The Morgan fingerprint density at radius 3 is 2.71 bits per heavy atom. The number of allylic oxidation sites excluding steroid dienone is 1. The number of β-lactam (4-membered cyclic amide) rings is 1. The molecule has 2 atom stereocenters. The molecule has 12 heteroatoms. The first kappa shape index (κ1) is 20.9. The summed E-state index contributed by atoms with van der Waals surface area (Å²) < 4.78 is 0.